The summed E-state index contributed by atoms with van der Waals surface area (Å²) in [4.78, 5) is 50.4. The van der Waals surface area contributed by atoms with Crippen molar-refractivity contribution in [2.24, 2.45) is 11.3 Å². The third kappa shape index (κ3) is 3.41. The van der Waals surface area contributed by atoms with E-state index >= 15 is 0 Å². The summed E-state index contributed by atoms with van der Waals surface area (Å²) in [7, 11) is 0. The van der Waals surface area contributed by atoms with Crippen molar-refractivity contribution < 1.29 is 23.9 Å². The third-order valence-corrected chi connectivity index (χ3v) is 7.18. The summed E-state index contributed by atoms with van der Waals surface area (Å²) in [5.41, 5.74) is 1.55. The minimum Gasteiger partial charge on any atom is -0.385 e. The maximum absolute atomic E-state index is 13.0. The number of carbonyl (C=O) groups is 4. The Hall–Kier alpha value is -2.78. The van der Waals surface area contributed by atoms with Crippen LogP contribution in [-0.2, 0) is 14.3 Å². The van der Waals surface area contributed by atoms with E-state index in [0.717, 1.165) is 56.3 Å². The van der Waals surface area contributed by atoms with Crippen LogP contribution < -0.4 is 16.0 Å². The molecule has 4 heterocycles. The lowest BCUT2D eigenvalue weighted by atomic mass is 9.70. The highest BCUT2D eigenvalue weighted by Gasteiger charge is 2.45. The Balaban J connectivity index is 1.31. The minimum absolute atomic E-state index is 0.109. The van der Waals surface area contributed by atoms with E-state index < -0.39 is 23.8 Å². The number of nitrogens with zero attached hydrogens (tertiary/aromatic N) is 1. The molecule has 4 amide bonds. The van der Waals surface area contributed by atoms with Crippen molar-refractivity contribution in [3.63, 3.8) is 0 Å². The van der Waals surface area contributed by atoms with E-state index in [-0.39, 0.29) is 24.2 Å². The maximum Gasteiger partial charge on any atom is 0.262 e. The predicted octanol–water partition coefficient (Wildman–Crippen LogP) is 0.516. The lowest BCUT2D eigenvalue weighted by Crippen LogP contribution is -2.54. The maximum atomic E-state index is 13.0. The van der Waals surface area contributed by atoms with Crippen LogP contribution in [0.1, 0.15) is 46.4 Å². The van der Waals surface area contributed by atoms with Crippen LogP contribution in [-0.4, -0.2) is 67.4 Å². The molecule has 164 valence electrons. The number of benzene rings is 1. The average molecular weight is 426 g/mol. The van der Waals surface area contributed by atoms with Crippen molar-refractivity contribution in [1.82, 2.24) is 15.5 Å². The summed E-state index contributed by atoms with van der Waals surface area (Å²) in [5, 5.41) is 9.11. The number of hydrogen-bond acceptors (Lipinski definition) is 7. The van der Waals surface area contributed by atoms with Gasteiger partial charge in [0.2, 0.25) is 11.8 Å². The van der Waals surface area contributed by atoms with Crippen molar-refractivity contribution in [1.29, 1.82) is 0 Å². The fourth-order valence-corrected chi connectivity index (χ4v) is 5.29. The van der Waals surface area contributed by atoms with Crippen molar-refractivity contribution in [2.45, 2.75) is 31.7 Å². The quantitative estimate of drug-likeness (QED) is 0.601. The molecule has 4 aliphatic rings. The lowest BCUT2D eigenvalue weighted by molar-refractivity contribution is -0.136. The van der Waals surface area contributed by atoms with Crippen molar-refractivity contribution in [2.75, 3.05) is 38.2 Å². The summed E-state index contributed by atoms with van der Waals surface area (Å²) in [6.07, 6.45) is 2.42. The van der Waals surface area contributed by atoms with Gasteiger partial charge >= 0.3 is 0 Å². The number of carbonyl (C=O) groups excluding carboxylic acids is 4. The molecular weight excluding hydrogens is 400 g/mol. The molecule has 3 unspecified atom stereocenters. The average Bonchev–Trinajstić information content (AvgIpc) is 3.32. The molecule has 1 spiro atoms. The third-order valence-electron chi connectivity index (χ3n) is 7.18. The van der Waals surface area contributed by atoms with Crippen LogP contribution in [0.15, 0.2) is 18.2 Å². The van der Waals surface area contributed by atoms with Gasteiger partial charge in [-0.05, 0) is 49.9 Å². The van der Waals surface area contributed by atoms with Crippen molar-refractivity contribution in [3.05, 3.63) is 29.3 Å². The highest BCUT2D eigenvalue weighted by molar-refractivity contribution is 6.23. The summed E-state index contributed by atoms with van der Waals surface area (Å²) >= 11 is 0. The van der Waals surface area contributed by atoms with Gasteiger partial charge in [-0.15, -0.1) is 0 Å². The molecule has 31 heavy (non-hydrogen) atoms. The Morgan fingerprint density at radius 2 is 1.97 bits per heavy atom. The van der Waals surface area contributed by atoms with Gasteiger partial charge in [0.1, 0.15) is 6.04 Å². The van der Waals surface area contributed by atoms with Gasteiger partial charge < -0.3 is 15.4 Å². The minimum atomic E-state index is -0.947. The number of nitrogens with one attached hydrogen (secondary N) is 3. The molecule has 3 N–H and O–H groups in total. The highest BCUT2D eigenvalue weighted by atomic mass is 16.5. The van der Waals surface area contributed by atoms with E-state index in [1.54, 1.807) is 18.2 Å². The summed E-state index contributed by atoms with van der Waals surface area (Å²) in [6.45, 7) is 4.27. The van der Waals surface area contributed by atoms with Crippen LogP contribution in [0, 0.1) is 11.3 Å². The van der Waals surface area contributed by atoms with Crippen molar-refractivity contribution >= 4 is 29.3 Å². The van der Waals surface area contributed by atoms with E-state index in [0.29, 0.717) is 17.0 Å². The standard InChI is InChI=1S/C22H26N4O5/c27-18-4-3-17(19(28)25-18)26-20(29)15-2-1-14(9-16(15)21(26)30)24-11-13-10-23-7-5-22(13)6-8-31-12-22/h1-2,9,13,17,23-24H,3-8,10-12H2,(H,25,27,28). The van der Waals surface area contributed by atoms with Gasteiger partial charge in [-0.2, -0.15) is 0 Å². The number of ether oxygens (including phenoxy) is 1. The van der Waals surface area contributed by atoms with Crippen LogP contribution in [0.4, 0.5) is 5.69 Å². The second-order valence-electron chi connectivity index (χ2n) is 8.90. The molecular formula is C22H26N4O5. The first kappa shape index (κ1) is 20.1. The Bertz CT molecular complexity index is 955. The highest BCUT2D eigenvalue weighted by Crippen LogP contribution is 2.41. The molecule has 0 aromatic heterocycles. The number of anilines is 1. The molecule has 9 heteroatoms. The lowest BCUT2D eigenvalue weighted by Gasteiger charge is -2.41. The molecule has 0 saturated carbocycles. The molecule has 4 aliphatic heterocycles. The van der Waals surface area contributed by atoms with Gasteiger partial charge in [0.25, 0.3) is 11.8 Å². The normalized spacial score (nSPS) is 30.6. The van der Waals surface area contributed by atoms with Crippen LogP contribution in [0.3, 0.4) is 0 Å². The zero-order valence-corrected chi connectivity index (χ0v) is 17.2. The Morgan fingerprint density at radius 1 is 1.13 bits per heavy atom. The second-order valence-corrected chi connectivity index (χ2v) is 8.90. The molecule has 1 aromatic carbocycles. The first-order chi connectivity index (χ1) is 15.0. The Morgan fingerprint density at radius 3 is 2.74 bits per heavy atom. The molecule has 3 fully saturated rings. The SMILES string of the molecule is O=C1CCC(N2C(=O)c3ccc(NCC4CNCCC45CCOC5)cc3C2=O)C(=O)N1. The largest absolute Gasteiger partial charge is 0.385 e. The van der Waals surface area contributed by atoms with Gasteiger partial charge in [0, 0.05) is 37.2 Å². The van der Waals surface area contributed by atoms with E-state index in [9.17, 15) is 19.2 Å². The molecule has 0 radical (unpaired) electrons. The van der Waals surface area contributed by atoms with Gasteiger partial charge in [-0.1, -0.05) is 0 Å². The molecule has 3 saturated heterocycles. The first-order valence-electron chi connectivity index (χ1n) is 10.9. The van der Waals surface area contributed by atoms with E-state index in [2.05, 4.69) is 16.0 Å². The molecule has 1 aromatic rings. The molecule has 3 atom stereocenters. The summed E-state index contributed by atoms with van der Waals surface area (Å²) in [5.74, 6) is -1.54. The Labute approximate surface area is 179 Å². The topological polar surface area (TPSA) is 117 Å². The fourth-order valence-electron chi connectivity index (χ4n) is 5.29. The van der Waals surface area contributed by atoms with Crippen LogP contribution in [0.25, 0.3) is 0 Å². The predicted molar refractivity (Wildman–Crippen MR) is 110 cm³/mol. The van der Waals surface area contributed by atoms with E-state index in [4.69, 9.17) is 4.74 Å². The second kappa shape index (κ2) is 7.72. The zero-order valence-electron chi connectivity index (χ0n) is 17.2. The molecule has 0 bridgehead atoms. The van der Waals surface area contributed by atoms with E-state index in [1.165, 1.54) is 0 Å². The molecule has 5 rings (SSSR count). The number of imide groups is 2. The Kier molecular flexibility index (Phi) is 5.02. The van der Waals surface area contributed by atoms with Gasteiger partial charge in [0.05, 0.1) is 17.7 Å². The fraction of sp³-hybridized carbons (Fsp3) is 0.545. The van der Waals surface area contributed by atoms with Crippen molar-refractivity contribution in [3.8, 4) is 0 Å². The van der Waals surface area contributed by atoms with Gasteiger partial charge in [-0.3, -0.25) is 29.4 Å². The molecule has 9 nitrogen and oxygen atoms in total. The number of hydrogen-bond donors (Lipinski definition) is 3. The smallest absolute Gasteiger partial charge is 0.262 e. The number of amides is 4. The summed E-state index contributed by atoms with van der Waals surface area (Å²) in [6, 6.07) is 4.18. The monoisotopic (exact) mass is 426 g/mol. The van der Waals surface area contributed by atoms with Gasteiger partial charge in [-0.25, -0.2) is 0 Å². The van der Waals surface area contributed by atoms with Crippen LogP contribution >= 0.6 is 0 Å². The van der Waals surface area contributed by atoms with E-state index in [1.807, 2.05) is 0 Å². The zero-order chi connectivity index (χ0) is 21.6. The number of rotatable bonds is 4. The van der Waals surface area contributed by atoms with Gasteiger partial charge in [0.15, 0.2) is 0 Å². The van der Waals surface area contributed by atoms with Crippen LogP contribution in [0.2, 0.25) is 0 Å². The molecule has 0 aliphatic carbocycles. The first-order valence-corrected chi connectivity index (χ1v) is 10.9. The number of piperidine rings is 2. The van der Waals surface area contributed by atoms with Crippen LogP contribution in [0.5, 0.6) is 0 Å². The summed E-state index contributed by atoms with van der Waals surface area (Å²) < 4.78 is 5.69. The number of fused-ring (bicyclic) bond motifs is 1.